The SMILES string of the molecule is COCC[n+]1cn(C(c2ccccc2)c2ccccc2)c2ccccc21.[Cl-]. The van der Waals surface area contributed by atoms with Gasteiger partial charge in [-0.05, 0) is 12.1 Å². The molecule has 1 heterocycles. The molecule has 0 unspecified atom stereocenters. The van der Waals surface area contributed by atoms with E-state index in [4.69, 9.17) is 4.74 Å². The Hall–Kier alpha value is -2.62. The third-order valence-electron chi connectivity index (χ3n) is 4.78. The summed E-state index contributed by atoms with van der Waals surface area (Å²) in [4.78, 5) is 0. The molecular formula is C23H23ClN2O. The van der Waals surface area contributed by atoms with E-state index in [9.17, 15) is 0 Å². The van der Waals surface area contributed by atoms with Crippen LogP contribution in [0.25, 0.3) is 11.0 Å². The molecule has 0 radical (unpaired) electrons. The maximum atomic E-state index is 5.30. The Bertz CT molecular complexity index is 944. The molecule has 0 spiro atoms. The lowest BCUT2D eigenvalue weighted by Gasteiger charge is -2.15. The van der Waals surface area contributed by atoms with Crippen LogP contribution in [0.5, 0.6) is 0 Å². The molecule has 138 valence electrons. The molecule has 0 fully saturated rings. The predicted octanol–water partition coefficient (Wildman–Crippen LogP) is 1.22. The van der Waals surface area contributed by atoms with E-state index < -0.39 is 0 Å². The number of rotatable bonds is 6. The van der Waals surface area contributed by atoms with E-state index in [1.165, 1.54) is 22.2 Å². The number of fused-ring (bicyclic) bond motifs is 1. The third kappa shape index (κ3) is 3.90. The molecule has 0 amide bonds. The summed E-state index contributed by atoms with van der Waals surface area (Å²) >= 11 is 0. The lowest BCUT2D eigenvalue weighted by molar-refractivity contribution is -0.673. The van der Waals surface area contributed by atoms with Crippen LogP contribution in [-0.4, -0.2) is 18.3 Å². The standard InChI is InChI=1S/C23H23N2O.ClH/c1-26-17-16-24-18-25(22-15-9-8-14-21(22)24)23(19-10-4-2-5-11-19)20-12-6-3-7-13-20;/h2-15,18,23H,16-17H2,1H3;1H/q+1;/p-1. The number of aromatic nitrogens is 2. The Labute approximate surface area is 166 Å². The van der Waals surface area contributed by atoms with Gasteiger partial charge in [0, 0.05) is 18.2 Å². The average molecular weight is 379 g/mol. The summed E-state index contributed by atoms with van der Waals surface area (Å²) in [7, 11) is 1.75. The first-order valence-corrected chi connectivity index (χ1v) is 8.96. The van der Waals surface area contributed by atoms with Crippen molar-refractivity contribution in [3.05, 3.63) is 102 Å². The van der Waals surface area contributed by atoms with Crippen molar-refractivity contribution in [3.8, 4) is 0 Å². The van der Waals surface area contributed by atoms with Gasteiger partial charge in [-0.2, -0.15) is 0 Å². The van der Waals surface area contributed by atoms with E-state index in [1.54, 1.807) is 7.11 Å². The van der Waals surface area contributed by atoms with Crippen molar-refractivity contribution >= 4 is 11.0 Å². The minimum absolute atomic E-state index is 0. The fourth-order valence-corrected chi connectivity index (χ4v) is 3.56. The second-order valence-corrected chi connectivity index (χ2v) is 6.42. The fraction of sp³-hybridized carbons (Fsp3) is 0.174. The molecular weight excluding hydrogens is 356 g/mol. The summed E-state index contributed by atoms with van der Waals surface area (Å²) < 4.78 is 9.95. The summed E-state index contributed by atoms with van der Waals surface area (Å²) in [5.41, 5.74) is 5.00. The quantitative estimate of drug-likeness (QED) is 0.461. The van der Waals surface area contributed by atoms with Gasteiger partial charge in [-0.3, -0.25) is 0 Å². The molecule has 0 saturated carbocycles. The number of hydrogen-bond donors (Lipinski definition) is 0. The second kappa shape index (κ2) is 8.85. The Morgan fingerprint density at radius 3 is 1.96 bits per heavy atom. The minimum atomic E-state index is 0. The highest BCUT2D eigenvalue weighted by atomic mass is 35.5. The number of benzene rings is 3. The number of para-hydroxylation sites is 2. The van der Waals surface area contributed by atoms with Crippen LogP contribution in [0.4, 0.5) is 0 Å². The van der Waals surface area contributed by atoms with Gasteiger partial charge in [0.15, 0.2) is 17.1 Å². The molecule has 4 heteroatoms. The smallest absolute Gasteiger partial charge is 0.245 e. The van der Waals surface area contributed by atoms with E-state index >= 15 is 0 Å². The van der Waals surface area contributed by atoms with E-state index in [-0.39, 0.29) is 18.4 Å². The van der Waals surface area contributed by atoms with Gasteiger partial charge in [0.05, 0.1) is 6.61 Å². The highest BCUT2D eigenvalue weighted by Gasteiger charge is 2.25. The largest absolute Gasteiger partial charge is 1.00 e. The van der Waals surface area contributed by atoms with Gasteiger partial charge in [0.1, 0.15) is 6.54 Å². The van der Waals surface area contributed by atoms with Gasteiger partial charge in [-0.15, -0.1) is 0 Å². The number of halogens is 1. The average Bonchev–Trinajstić information content (AvgIpc) is 3.07. The lowest BCUT2D eigenvalue weighted by Crippen LogP contribution is -3.00. The van der Waals surface area contributed by atoms with E-state index in [2.05, 4.69) is 100 Å². The van der Waals surface area contributed by atoms with Gasteiger partial charge in [0.2, 0.25) is 6.33 Å². The van der Waals surface area contributed by atoms with Crippen LogP contribution in [0.3, 0.4) is 0 Å². The van der Waals surface area contributed by atoms with E-state index in [0.29, 0.717) is 6.61 Å². The predicted molar refractivity (Wildman–Crippen MR) is 104 cm³/mol. The van der Waals surface area contributed by atoms with Crippen molar-refractivity contribution in [3.63, 3.8) is 0 Å². The van der Waals surface area contributed by atoms with Gasteiger partial charge in [-0.25, -0.2) is 9.13 Å². The summed E-state index contributed by atoms with van der Waals surface area (Å²) in [6.07, 6.45) is 2.22. The van der Waals surface area contributed by atoms with Crippen molar-refractivity contribution in [2.45, 2.75) is 12.6 Å². The van der Waals surface area contributed by atoms with Crippen molar-refractivity contribution in [2.24, 2.45) is 0 Å². The molecule has 1 aromatic heterocycles. The van der Waals surface area contributed by atoms with Crippen molar-refractivity contribution in [2.75, 3.05) is 13.7 Å². The van der Waals surface area contributed by atoms with Crippen molar-refractivity contribution in [1.29, 1.82) is 0 Å². The first-order chi connectivity index (χ1) is 12.9. The fourth-order valence-electron chi connectivity index (χ4n) is 3.56. The number of imidazole rings is 1. The second-order valence-electron chi connectivity index (χ2n) is 6.42. The molecule has 3 nitrogen and oxygen atoms in total. The zero-order valence-electron chi connectivity index (χ0n) is 15.3. The molecule has 0 aliphatic carbocycles. The maximum Gasteiger partial charge on any atom is 0.245 e. The molecule has 4 aromatic rings. The Morgan fingerprint density at radius 2 is 1.37 bits per heavy atom. The molecule has 27 heavy (non-hydrogen) atoms. The number of nitrogens with zero attached hydrogens (tertiary/aromatic N) is 2. The Balaban J connectivity index is 0.00000210. The van der Waals surface area contributed by atoms with Crippen LogP contribution < -0.4 is 17.0 Å². The molecule has 0 atom stereocenters. The number of ether oxygens (including phenoxy) is 1. The van der Waals surface area contributed by atoms with E-state index in [1.807, 2.05) is 0 Å². The Morgan fingerprint density at radius 1 is 0.815 bits per heavy atom. The van der Waals surface area contributed by atoms with Crippen LogP contribution in [0, 0.1) is 0 Å². The number of hydrogen-bond acceptors (Lipinski definition) is 1. The first-order valence-electron chi connectivity index (χ1n) is 8.96. The summed E-state index contributed by atoms with van der Waals surface area (Å²) in [6, 6.07) is 30.1. The molecule has 0 N–H and O–H groups in total. The molecule has 3 aromatic carbocycles. The Kier molecular flexibility index (Phi) is 6.28. The normalized spacial score (nSPS) is 10.9. The van der Waals surface area contributed by atoms with Gasteiger partial charge in [-0.1, -0.05) is 72.8 Å². The van der Waals surface area contributed by atoms with Crippen molar-refractivity contribution in [1.82, 2.24) is 4.57 Å². The van der Waals surface area contributed by atoms with Crippen LogP contribution in [0.15, 0.2) is 91.3 Å². The summed E-state index contributed by atoms with van der Waals surface area (Å²) in [6.45, 7) is 1.53. The summed E-state index contributed by atoms with van der Waals surface area (Å²) in [5, 5.41) is 0. The van der Waals surface area contributed by atoms with Crippen LogP contribution in [0.2, 0.25) is 0 Å². The zero-order chi connectivity index (χ0) is 17.8. The number of methoxy groups -OCH3 is 1. The maximum absolute atomic E-state index is 5.30. The van der Waals surface area contributed by atoms with Crippen LogP contribution >= 0.6 is 0 Å². The minimum Gasteiger partial charge on any atom is -1.00 e. The zero-order valence-corrected chi connectivity index (χ0v) is 16.1. The molecule has 0 saturated heterocycles. The highest BCUT2D eigenvalue weighted by Crippen LogP contribution is 2.29. The highest BCUT2D eigenvalue weighted by molar-refractivity contribution is 5.72. The van der Waals surface area contributed by atoms with Gasteiger partial charge in [0.25, 0.3) is 0 Å². The van der Waals surface area contributed by atoms with Crippen LogP contribution in [0.1, 0.15) is 17.2 Å². The van der Waals surface area contributed by atoms with Gasteiger partial charge >= 0.3 is 0 Å². The van der Waals surface area contributed by atoms with E-state index in [0.717, 1.165) is 6.54 Å². The molecule has 0 aliphatic rings. The molecule has 4 rings (SSSR count). The molecule has 0 bridgehead atoms. The summed E-state index contributed by atoms with van der Waals surface area (Å²) in [5.74, 6) is 0. The monoisotopic (exact) mass is 378 g/mol. The third-order valence-corrected chi connectivity index (χ3v) is 4.78. The van der Waals surface area contributed by atoms with Crippen LogP contribution in [-0.2, 0) is 11.3 Å². The molecule has 0 aliphatic heterocycles. The van der Waals surface area contributed by atoms with Gasteiger partial charge < -0.3 is 17.1 Å². The topological polar surface area (TPSA) is 18.0 Å². The lowest BCUT2D eigenvalue weighted by atomic mass is 9.98. The van der Waals surface area contributed by atoms with Crippen molar-refractivity contribution < 1.29 is 21.7 Å². The first kappa shape index (κ1) is 19.2.